The average molecular weight is 433 g/mol. The molecule has 0 aliphatic heterocycles. The minimum atomic E-state index is -0.312. The summed E-state index contributed by atoms with van der Waals surface area (Å²) in [7, 11) is 0. The van der Waals surface area contributed by atoms with Crippen LogP contribution in [0.5, 0.6) is 11.5 Å². The van der Waals surface area contributed by atoms with E-state index in [9.17, 15) is 9.59 Å². The molecule has 8 heteroatoms. The Hall–Kier alpha value is -4.07. The molecule has 0 spiro atoms. The maximum atomic E-state index is 12.3. The van der Waals surface area contributed by atoms with E-state index in [2.05, 4.69) is 10.3 Å². The zero-order valence-corrected chi connectivity index (χ0v) is 18.0. The summed E-state index contributed by atoms with van der Waals surface area (Å²) in [5.41, 5.74) is 3.13. The number of fused-ring (bicyclic) bond motifs is 1. The van der Waals surface area contributed by atoms with Crippen LogP contribution in [-0.2, 0) is 11.4 Å². The van der Waals surface area contributed by atoms with Gasteiger partial charge in [-0.15, -0.1) is 4.57 Å². The number of amides is 1. The van der Waals surface area contributed by atoms with Crippen molar-refractivity contribution in [2.24, 2.45) is 0 Å². The monoisotopic (exact) mass is 433 g/mol. The first kappa shape index (κ1) is 21.2. The molecule has 4 rings (SSSR count). The number of ether oxygens (including phenoxy) is 2. The van der Waals surface area contributed by atoms with E-state index in [1.807, 2.05) is 38.1 Å². The molecule has 2 aromatic carbocycles. The first-order chi connectivity index (χ1) is 15.4. The quantitative estimate of drug-likeness (QED) is 0.476. The van der Waals surface area contributed by atoms with Crippen LogP contribution in [0.25, 0.3) is 5.65 Å². The van der Waals surface area contributed by atoms with Crippen LogP contribution >= 0.6 is 0 Å². The number of aromatic nitrogens is 2. The van der Waals surface area contributed by atoms with Crippen molar-refractivity contribution in [1.29, 1.82) is 0 Å². The van der Waals surface area contributed by atoms with Gasteiger partial charge in [0.05, 0.1) is 5.69 Å². The normalized spacial score (nSPS) is 10.8. The van der Waals surface area contributed by atoms with E-state index in [1.165, 1.54) is 6.07 Å². The highest BCUT2D eigenvalue weighted by Gasteiger charge is 2.10. The Kier molecular flexibility index (Phi) is 5.93. The number of rotatable bonds is 7. The maximum Gasteiger partial charge on any atom is 0.287 e. The fourth-order valence-electron chi connectivity index (χ4n) is 3.18. The summed E-state index contributed by atoms with van der Waals surface area (Å²) >= 11 is 0. The number of carbonyl (C=O) groups excluding carboxylic acids is 1. The van der Waals surface area contributed by atoms with Crippen LogP contribution < -0.4 is 20.3 Å². The summed E-state index contributed by atoms with van der Waals surface area (Å²) in [4.78, 5) is 28.8. The fourth-order valence-corrected chi connectivity index (χ4v) is 3.18. The summed E-state index contributed by atoms with van der Waals surface area (Å²) in [6, 6.07) is 15.9. The van der Waals surface area contributed by atoms with E-state index >= 15 is 0 Å². The van der Waals surface area contributed by atoms with Gasteiger partial charge in [0.1, 0.15) is 23.9 Å². The molecule has 2 aromatic heterocycles. The van der Waals surface area contributed by atoms with E-state index in [0.717, 1.165) is 15.7 Å². The molecule has 2 heterocycles. The molecule has 0 saturated heterocycles. The van der Waals surface area contributed by atoms with Crippen molar-refractivity contribution in [2.45, 2.75) is 27.4 Å². The highest BCUT2D eigenvalue weighted by atomic mass is 16.5. The lowest BCUT2D eigenvalue weighted by Crippen LogP contribution is -2.20. The molecule has 0 bridgehead atoms. The van der Waals surface area contributed by atoms with Gasteiger partial charge in [-0.2, -0.15) is 0 Å². The predicted molar refractivity (Wildman–Crippen MR) is 119 cm³/mol. The van der Waals surface area contributed by atoms with Gasteiger partial charge in [0, 0.05) is 23.9 Å². The third-order valence-electron chi connectivity index (χ3n) is 4.73. The topological polar surface area (TPSA) is 95.1 Å². The average Bonchev–Trinajstić information content (AvgIpc) is 3.13. The summed E-state index contributed by atoms with van der Waals surface area (Å²) in [5.74, 6) is 1.53. The number of hydrogen-bond donors (Lipinski definition) is 1. The van der Waals surface area contributed by atoms with E-state index in [-0.39, 0.29) is 24.7 Å². The Labute approximate surface area is 184 Å². The van der Waals surface area contributed by atoms with Crippen LogP contribution in [0.4, 0.5) is 5.69 Å². The van der Waals surface area contributed by atoms with Crippen molar-refractivity contribution in [3.63, 3.8) is 0 Å². The van der Waals surface area contributed by atoms with Crippen LogP contribution in [-0.4, -0.2) is 22.1 Å². The van der Waals surface area contributed by atoms with Gasteiger partial charge in [-0.25, -0.2) is 4.98 Å². The second-order valence-electron chi connectivity index (χ2n) is 7.51. The number of aryl methyl sites for hydroxylation is 3. The second-order valence-corrected chi connectivity index (χ2v) is 7.51. The molecular formula is C24H23N3O5. The first-order valence-electron chi connectivity index (χ1n) is 10.1. The number of carbonyl (C=O) groups is 1. The molecule has 1 N–H and O–H groups in total. The zero-order valence-electron chi connectivity index (χ0n) is 18.0. The van der Waals surface area contributed by atoms with Gasteiger partial charge in [-0.05, 0) is 50.1 Å². The standard InChI is InChI=1S/C24H23N3O5/c1-15-5-4-6-20(9-15)30-14-23(28)26-18-8-7-16(2)21(11-18)31-13-19-12-24(29)27-22(25-19)10-17(3)32-27/h4-12H,13-14H2,1-3H3,(H,26,28). The largest absolute Gasteiger partial charge is 0.487 e. The molecule has 1 amide bonds. The van der Waals surface area contributed by atoms with Gasteiger partial charge in [0.15, 0.2) is 12.3 Å². The lowest BCUT2D eigenvalue weighted by molar-refractivity contribution is -0.118. The lowest BCUT2D eigenvalue weighted by Gasteiger charge is -2.12. The first-order valence-corrected chi connectivity index (χ1v) is 10.1. The minimum absolute atomic E-state index is 0.102. The van der Waals surface area contributed by atoms with Gasteiger partial charge >= 0.3 is 0 Å². The SMILES string of the molecule is Cc1cccc(OCC(=O)Nc2ccc(C)c(OCc3cc(=O)n4oc(C)cc4n3)c2)c1. The van der Waals surface area contributed by atoms with Crippen LogP contribution in [0.1, 0.15) is 22.6 Å². The van der Waals surface area contributed by atoms with Crippen LogP contribution in [0.15, 0.2) is 63.9 Å². The number of benzene rings is 2. The number of hydrogen-bond acceptors (Lipinski definition) is 6. The van der Waals surface area contributed by atoms with Gasteiger partial charge in [-0.1, -0.05) is 18.2 Å². The van der Waals surface area contributed by atoms with E-state index < -0.39 is 0 Å². The van der Waals surface area contributed by atoms with Gasteiger partial charge in [0.25, 0.3) is 11.5 Å². The molecular weight excluding hydrogens is 410 g/mol. The summed E-state index contributed by atoms with van der Waals surface area (Å²) in [6.45, 7) is 5.60. The van der Waals surface area contributed by atoms with Gasteiger partial charge in [-0.3, -0.25) is 9.59 Å². The van der Waals surface area contributed by atoms with Crippen molar-refractivity contribution in [2.75, 3.05) is 11.9 Å². The molecule has 0 fully saturated rings. The Morgan fingerprint density at radius 2 is 1.91 bits per heavy atom. The second kappa shape index (κ2) is 8.97. The summed E-state index contributed by atoms with van der Waals surface area (Å²) < 4.78 is 17.8. The Bertz CT molecular complexity index is 1340. The summed E-state index contributed by atoms with van der Waals surface area (Å²) in [6.07, 6.45) is 0. The minimum Gasteiger partial charge on any atom is -0.487 e. The molecule has 0 radical (unpaired) electrons. The molecule has 4 aromatic rings. The van der Waals surface area contributed by atoms with Crippen molar-refractivity contribution in [1.82, 2.24) is 9.56 Å². The lowest BCUT2D eigenvalue weighted by atomic mass is 10.2. The van der Waals surface area contributed by atoms with Gasteiger partial charge in [0.2, 0.25) is 0 Å². The highest BCUT2D eigenvalue weighted by Crippen LogP contribution is 2.23. The third kappa shape index (κ3) is 4.97. The maximum absolute atomic E-state index is 12.3. The molecule has 0 unspecified atom stereocenters. The third-order valence-corrected chi connectivity index (χ3v) is 4.73. The Morgan fingerprint density at radius 3 is 2.72 bits per heavy atom. The predicted octanol–water partition coefficient (Wildman–Crippen LogP) is 3.81. The molecule has 0 aliphatic carbocycles. The molecule has 0 aliphatic rings. The van der Waals surface area contributed by atoms with Crippen molar-refractivity contribution >= 4 is 17.2 Å². The van der Waals surface area contributed by atoms with E-state index in [4.69, 9.17) is 14.0 Å². The van der Waals surface area contributed by atoms with E-state index in [0.29, 0.717) is 34.3 Å². The van der Waals surface area contributed by atoms with Crippen molar-refractivity contribution < 1.29 is 18.8 Å². The van der Waals surface area contributed by atoms with Crippen LogP contribution in [0, 0.1) is 20.8 Å². The van der Waals surface area contributed by atoms with Crippen LogP contribution in [0.2, 0.25) is 0 Å². The Morgan fingerprint density at radius 1 is 1.06 bits per heavy atom. The van der Waals surface area contributed by atoms with E-state index in [1.54, 1.807) is 31.2 Å². The smallest absolute Gasteiger partial charge is 0.287 e. The fraction of sp³-hybridized carbons (Fsp3) is 0.208. The highest BCUT2D eigenvalue weighted by molar-refractivity contribution is 5.92. The zero-order chi connectivity index (χ0) is 22.7. The van der Waals surface area contributed by atoms with Crippen LogP contribution in [0.3, 0.4) is 0 Å². The molecule has 32 heavy (non-hydrogen) atoms. The number of nitrogens with one attached hydrogen (secondary N) is 1. The number of nitrogens with zero attached hydrogens (tertiary/aromatic N) is 2. The van der Waals surface area contributed by atoms with Gasteiger partial charge < -0.3 is 19.3 Å². The Balaban J connectivity index is 1.40. The number of anilines is 1. The molecule has 0 atom stereocenters. The van der Waals surface area contributed by atoms with Crippen molar-refractivity contribution in [3.05, 3.63) is 87.5 Å². The molecule has 164 valence electrons. The molecule has 8 nitrogen and oxygen atoms in total. The van der Waals surface area contributed by atoms with Crippen molar-refractivity contribution in [3.8, 4) is 11.5 Å². The molecule has 0 saturated carbocycles. The summed E-state index contributed by atoms with van der Waals surface area (Å²) in [5, 5.41) is 2.80.